The number of carbonyl (C=O) groups is 1. The molecule has 0 radical (unpaired) electrons. The number of benzene rings is 1. The molecule has 0 saturated carbocycles. The molecule has 0 bridgehead atoms. The normalized spacial score (nSPS) is 12.2. The minimum Gasteiger partial charge on any atom is -0.462 e. The van der Waals surface area contributed by atoms with Crippen LogP contribution in [0.5, 0.6) is 0 Å². The summed E-state index contributed by atoms with van der Waals surface area (Å²) in [5.74, 6) is 0.512. The molecule has 1 rings (SSSR count). The fraction of sp³-hybridized carbons (Fsp3) is 0.562. The van der Waals surface area contributed by atoms with Crippen LogP contribution in [-0.4, -0.2) is 12.6 Å². The summed E-state index contributed by atoms with van der Waals surface area (Å²) < 4.78 is 5.22. The summed E-state index contributed by atoms with van der Waals surface area (Å²) in [4.78, 5) is 11.7. The van der Waals surface area contributed by atoms with E-state index in [1.165, 1.54) is 19.3 Å². The maximum Gasteiger partial charge on any atom is 0.338 e. The topological polar surface area (TPSA) is 26.3 Å². The summed E-state index contributed by atoms with van der Waals surface area (Å²) in [5.41, 5.74) is 0.520. The second-order valence-electron chi connectivity index (χ2n) is 5.01. The lowest BCUT2D eigenvalue weighted by atomic mass is 10.0. The molecule has 1 aromatic carbocycles. The van der Waals surface area contributed by atoms with Gasteiger partial charge in [0.05, 0.1) is 12.2 Å². The van der Waals surface area contributed by atoms with E-state index in [4.69, 9.17) is 16.3 Å². The standard InChI is InChI=1S/C16H23ClO2/c1-3-13(2)8-5-4-6-11-19-16(18)14-9-7-10-15(17)12-14/h7,9-10,12-13H,3-6,8,11H2,1-2H3. The Morgan fingerprint density at radius 2 is 2.11 bits per heavy atom. The van der Waals surface area contributed by atoms with Gasteiger partial charge in [-0.25, -0.2) is 4.79 Å². The van der Waals surface area contributed by atoms with E-state index in [2.05, 4.69) is 13.8 Å². The first-order chi connectivity index (χ1) is 9.13. The Hall–Kier alpha value is -1.02. The van der Waals surface area contributed by atoms with Crippen molar-refractivity contribution in [2.24, 2.45) is 5.92 Å². The number of carbonyl (C=O) groups excluding carboxylic acids is 1. The molecule has 1 aromatic rings. The SMILES string of the molecule is CCC(C)CCCCCOC(=O)c1cccc(Cl)c1. The highest BCUT2D eigenvalue weighted by Crippen LogP contribution is 2.13. The molecule has 19 heavy (non-hydrogen) atoms. The van der Waals surface area contributed by atoms with Crippen LogP contribution in [-0.2, 0) is 4.74 Å². The Labute approximate surface area is 121 Å². The highest BCUT2D eigenvalue weighted by atomic mass is 35.5. The summed E-state index contributed by atoms with van der Waals surface area (Å²) in [6, 6.07) is 6.85. The fourth-order valence-electron chi connectivity index (χ4n) is 1.84. The molecule has 1 atom stereocenters. The van der Waals surface area contributed by atoms with Crippen molar-refractivity contribution < 1.29 is 9.53 Å². The van der Waals surface area contributed by atoms with E-state index in [-0.39, 0.29) is 5.97 Å². The first-order valence-electron chi connectivity index (χ1n) is 7.06. The van der Waals surface area contributed by atoms with Crippen molar-refractivity contribution in [1.82, 2.24) is 0 Å². The van der Waals surface area contributed by atoms with Crippen molar-refractivity contribution in [1.29, 1.82) is 0 Å². The summed E-state index contributed by atoms with van der Waals surface area (Å²) in [5, 5.41) is 0.558. The van der Waals surface area contributed by atoms with Crippen LogP contribution in [0.3, 0.4) is 0 Å². The van der Waals surface area contributed by atoms with Crippen molar-refractivity contribution in [3.63, 3.8) is 0 Å². The zero-order valence-corrected chi connectivity index (χ0v) is 12.6. The maximum absolute atomic E-state index is 11.7. The highest BCUT2D eigenvalue weighted by molar-refractivity contribution is 6.30. The number of hydrogen-bond acceptors (Lipinski definition) is 2. The molecule has 0 aliphatic rings. The van der Waals surface area contributed by atoms with E-state index in [1.807, 2.05) is 0 Å². The molecule has 0 aliphatic carbocycles. The van der Waals surface area contributed by atoms with Crippen LogP contribution in [0.1, 0.15) is 56.3 Å². The van der Waals surface area contributed by atoms with Crippen LogP contribution in [0, 0.1) is 5.92 Å². The molecule has 0 aliphatic heterocycles. The first-order valence-corrected chi connectivity index (χ1v) is 7.44. The molecule has 0 fully saturated rings. The Morgan fingerprint density at radius 1 is 1.32 bits per heavy atom. The van der Waals surface area contributed by atoms with E-state index in [9.17, 15) is 4.79 Å². The molecule has 106 valence electrons. The number of unbranched alkanes of at least 4 members (excludes halogenated alkanes) is 2. The van der Waals surface area contributed by atoms with E-state index in [0.29, 0.717) is 17.2 Å². The smallest absolute Gasteiger partial charge is 0.338 e. The minimum absolute atomic E-state index is 0.288. The lowest BCUT2D eigenvalue weighted by molar-refractivity contribution is 0.0497. The molecule has 0 saturated heterocycles. The minimum atomic E-state index is -0.288. The highest BCUT2D eigenvalue weighted by Gasteiger charge is 2.06. The van der Waals surface area contributed by atoms with Crippen LogP contribution in [0.4, 0.5) is 0 Å². The van der Waals surface area contributed by atoms with Crippen molar-refractivity contribution >= 4 is 17.6 Å². The Balaban J connectivity index is 2.14. The summed E-state index contributed by atoms with van der Waals surface area (Å²) in [7, 11) is 0. The fourth-order valence-corrected chi connectivity index (χ4v) is 2.03. The van der Waals surface area contributed by atoms with Gasteiger partial charge in [-0.15, -0.1) is 0 Å². The van der Waals surface area contributed by atoms with E-state index in [0.717, 1.165) is 18.8 Å². The summed E-state index contributed by atoms with van der Waals surface area (Å²) in [6.07, 6.45) is 5.77. The van der Waals surface area contributed by atoms with Gasteiger partial charge in [0.25, 0.3) is 0 Å². The largest absolute Gasteiger partial charge is 0.462 e. The van der Waals surface area contributed by atoms with E-state index < -0.39 is 0 Å². The predicted molar refractivity (Wildman–Crippen MR) is 79.7 cm³/mol. The third-order valence-corrected chi connectivity index (χ3v) is 3.57. The molecular formula is C16H23ClO2. The van der Waals surface area contributed by atoms with Crippen molar-refractivity contribution in [2.45, 2.75) is 46.0 Å². The van der Waals surface area contributed by atoms with Gasteiger partial charge in [-0.2, -0.15) is 0 Å². The molecule has 0 amide bonds. The number of halogens is 1. The molecular weight excluding hydrogens is 260 g/mol. The maximum atomic E-state index is 11.7. The number of hydrogen-bond donors (Lipinski definition) is 0. The molecule has 0 heterocycles. The molecule has 1 unspecified atom stereocenters. The third kappa shape index (κ3) is 6.63. The molecule has 2 nitrogen and oxygen atoms in total. The van der Waals surface area contributed by atoms with Gasteiger partial charge in [0, 0.05) is 5.02 Å². The van der Waals surface area contributed by atoms with Gasteiger partial charge in [-0.05, 0) is 30.5 Å². The Morgan fingerprint density at radius 3 is 2.79 bits per heavy atom. The zero-order chi connectivity index (χ0) is 14.1. The average molecular weight is 283 g/mol. The van der Waals surface area contributed by atoms with E-state index >= 15 is 0 Å². The lowest BCUT2D eigenvalue weighted by Gasteiger charge is -2.08. The predicted octanol–water partition coefficient (Wildman–Crippen LogP) is 5.10. The van der Waals surface area contributed by atoms with Gasteiger partial charge >= 0.3 is 5.97 Å². The summed E-state index contributed by atoms with van der Waals surface area (Å²) >= 11 is 5.83. The second-order valence-corrected chi connectivity index (χ2v) is 5.45. The van der Waals surface area contributed by atoms with Crippen molar-refractivity contribution in [3.8, 4) is 0 Å². The average Bonchev–Trinajstić information content (AvgIpc) is 2.42. The van der Waals surface area contributed by atoms with Crippen LogP contribution < -0.4 is 0 Å². The molecule has 0 aromatic heterocycles. The third-order valence-electron chi connectivity index (χ3n) is 3.33. The molecule has 0 spiro atoms. The quantitative estimate of drug-likeness (QED) is 0.489. The van der Waals surface area contributed by atoms with E-state index in [1.54, 1.807) is 24.3 Å². The Bertz CT molecular complexity index is 390. The number of rotatable bonds is 8. The number of ether oxygens (including phenoxy) is 1. The molecule has 0 N–H and O–H groups in total. The van der Waals surface area contributed by atoms with Gasteiger partial charge in [-0.1, -0.05) is 57.2 Å². The van der Waals surface area contributed by atoms with Gasteiger partial charge in [0.1, 0.15) is 0 Å². The van der Waals surface area contributed by atoms with Crippen LogP contribution >= 0.6 is 11.6 Å². The summed E-state index contributed by atoms with van der Waals surface area (Å²) in [6.45, 7) is 4.99. The number of esters is 1. The van der Waals surface area contributed by atoms with Crippen LogP contribution in [0.2, 0.25) is 5.02 Å². The van der Waals surface area contributed by atoms with Gasteiger partial charge in [0.15, 0.2) is 0 Å². The van der Waals surface area contributed by atoms with Gasteiger partial charge in [0.2, 0.25) is 0 Å². The van der Waals surface area contributed by atoms with Crippen LogP contribution in [0.15, 0.2) is 24.3 Å². The molecule has 3 heteroatoms. The zero-order valence-electron chi connectivity index (χ0n) is 11.8. The van der Waals surface area contributed by atoms with Crippen molar-refractivity contribution in [2.75, 3.05) is 6.61 Å². The lowest BCUT2D eigenvalue weighted by Crippen LogP contribution is -2.06. The monoisotopic (exact) mass is 282 g/mol. The first kappa shape index (κ1) is 16.0. The second kappa shape index (κ2) is 8.98. The van der Waals surface area contributed by atoms with Crippen LogP contribution in [0.25, 0.3) is 0 Å². The van der Waals surface area contributed by atoms with Crippen molar-refractivity contribution in [3.05, 3.63) is 34.9 Å². The van der Waals surface area contributed by atoms with Gasteiger partial charge < -0.3 is 4.74 Å². The Kier molecular flexibility index (Phi) is 7.57. The van der Waals surface area contributed by atoms with Gasteiger partial charge in [-0.3, -0.25) is 0 Å².